The lowest BCUT2D eigenvalue weighted by molar-refractivity contribution is 0.307. The van der Waals surface area contributed by atoms with Gasteiger partial charge in [-0.05, 0) is 30.3 Å². The maximum Gasteiger partial charge on any atom is 0.143 e. The molecule has 6 heteroatoms. The van der Waals surface area contributed by atoms with Crippen molar-refractivity contribution in [2.24, 2.45) is 0 Å². The van der Waals surface area contributed by atoms with E-state index in [1.165, 1.54) is 24.5 Å². The second-order valence-corrected chi connectivity index (χ2v) is 5.18. The van der Waals surface area contributed by atoms with Gasteiger partial charge in [0.25, 0.3) is 0 Å². The van der Waals surface area contributed by atoms with E-state index in [0.29, 0.717) is 16.3 Å². The Hall–Kier alpha value is -2.66. The number of ether oxygens (including phenoxy) is 1. The van der Waals surface area contributed by atoms with Crippen LogP contribution >= 0.6 is 11.6 Å². The van der Waals surface area contributed by atoms with Gasteiger partial charge in [0.15, 0.2) is 0 Å². The molecule has 1 heterocycles. The number of nitrogens with zero attached hydrogens (tertiary/aromatic N) is 2. The summed E-state index contributed by atoms with van der Waals surface area (Å²) in [5, 5.41) is 3.64. The average Bonchev–Trinajstić information content (AvgIpc) is 2.58. The van der Waals surface area contributed by atoms with Crippen molar-refractivity contribution in [1.82, 2.24) is 9.97 Å². The Balaban J connectivity index is 1.77. The molecule has 2 aromatic carbocycles. The van der Waals surface area contributed by atoms with Crippen LogP contribution in [0.4, 0.5) is 15.8 Å². The Kier molecular flexibility index (Phi) is 4.68. The Bertz CT molecular complexity index is 799. The molecule has 0 saturated carbocycles. The van der Waals surface area contributed by atoms with Crippen LogP contribution in [-0.4, -0.2) is 9.97 Å². The van der Waals surface area contributed by atoms with Gasteiger partial charge in [-0.3, -0.25) is 0 Å². The van der Waals surface area contributed by atoms with Gasteiger partial charge in [0.05, 0.1) is 23.8 Å². The maximum absolute atomic E-state index is 13.3. The summed E-state index contributed by atoms with van der Waals surface area (Å²) < 4.78 is 19.1. The first kappa shape index (κ1) is 15.2. The van der Waals surface area contributed by atoms with E-state index in [-0.39, 0.29) is 12.4 Å². The van der Waals surface area contributed by atoms with Crippen LogP contribution < -0.4 is 10.1 Å². The topological polar surface area (TPSA) is 47.0 Å². The van der Waals surface area contributed by atoms with E-state index >= 15 is 0 Å². The third kappa shape index (κ3) is 3.96. The molecule has 0 saturated heterocycles. The van der Waals surface area contributed by atoms with Crippen LogP contribution in [0.15, 0.2) is 61.2 Å². The molecule has 4 nitrogen and oxygen atoms in total. The zero-order valence-electron chi connectivity index (χ0n) is 12.0. The van der Waals surface area contributed by atoms with Gasteiger partial charge in [-0.1, -0.05) is 23.7 Å². The van der Waals surface area contributed by atoms with Gasteiger partial charge in [0.1, 0.15) is 24.5 Å². The normalized spacial score (nSPS) is 10.3. The summed E-state index contributed by atoms with van der Waals surface area (Å²) in [5.41, 5.74) is 2.09. The predicted molar refractivity (Wildman–Crippen MR) is 87.5 cm³/mol. The van der Waals surface area contributed by atoms with Crippen molar-refractivity contribution in [2.45, 2.75) is 6.61 Å². The Labute approximate surface area is 137 Å². The number of hydrogen-bond acceptors (Lipinski definition) is 4. The van der Waals surface area contributed by atoms with Crippen LogP contribution in [0, 0.1) is 5.82 Å². The number of hydrogen-bond donors (Lipinski definition) is 1. The van der Waals surface area contributed by atoms with E-state index in [1.54, 1.807) is 12.4 Å². The van der Waals surface area contributed by atoms with Crippen molar-refractivity contribution in [2.75, 3.05) is 5.32 Å². The van der Waals surface area contributed by atoms with Crippen molar-refractivity contribution < 1.29 is 9.13 Å². The standard InChI is InChI=1S/C17H13ClFN3O/c18-15-6-5-13(19)7-12(15)10-23-17-4-2-1-3-16(17)22-14-8-20-11-21-9-14/h1-9,11,22H,10H2. The van der Waals surface area contributed by atoms with Crippen LogP contribution in [0.2, 0.25) is 5.02 Å². The highest BCUT2D eigenvalue weighted by Crippen LogP contribution is 2.28. The van der Waals surface area contributed by atoms with Gasteiger partial charge >= 0.3 is 0 Å². The summed E-state index contributed by atoms with van der Waals surface area (Å²) in [7, 11) is 0. The third-order valence-corrected chi connectivity index (χ3v) is 3.49. The quantitative estimate of drug-likeness (QED) is 0.743. The first-order valence-corrected chi connectivity index (χ1v) is 7.28. The Morgan fingerprint density at radius 1 is 1.09 bits per heavy atom. The number of rotatable bonds is 5. The van der Waals surface area contributed by atoms with Crippen molar-refractivity contribution in [3.05, 3.63) is 77.6 Å². The van der Waals surface area contributed by atoms with Gasteiger partial charge in [-0.15, -0.1) is 0 Å². The molecule has 0 aliphatic carbocycles. The van der Waals surface area contributed by atoms with E-state index < -0.39 is 0 Å². The van der Waals surface area contributed by atoms with Gasteiger partial charge in [-0.2, -0.15) is 0 Å². The monoisotopic (exact) mass is 329 g/mol. The fraction of sp³-hybridized carbons (Fsp3) is 0.0588. The molecule has 23 heavy (non-hydrogen) atoms. The smallest absolute Gasteiger partial charge is 0.143 e. The predicted octanol–water partition coefficient (Wildman–Crippen LogP) is 4.59. The molecule has 116 valence electrons. The van der Waals surface area contributed by atoms with E-state index in [2.05, 4.69) is 15.3 Å². The second-order valence-electron chi connectivity index (χ2n) is 4.77. The van der Waals surface area contributed by atoms with Crippen molar-refractivity contribution in [3.63, 3.8) is 0 Å². The third-order valence-electron chi connectivity index (χ3n) is 3.12. The summed E-state index contributed by atoms with van der Waals surface area (Å²) in [6.45, 7) is 0.167. The molecule has 0 aliphatic rings. The van der Waals surface area contributed by atoms with Crippen LogP contribution in [0.5, 0.6) is 5.75 Å². The molecule has 0 spiro atoms. The van der Waals surface area contributed by atoms with Crippen LogP contribution in [-0.2, 0) is 6.61 Å². The lowest BCUT2D eigenvalue weighted by Gasteiger charge is -2.13. The molecule has 0 fully saturated rings. The number of para-hydroxylation sites is 2. The van der Waals surface area contributed by atoms with E-state index in [0.717, 1.165) is 11.4 Å². The van der Waals surface area contributed by atoms with Gasteiger partial charge in [-0.25, -0.2) is 14.4 Å². The number of nitrogens with one attached hydrogen (secondary N) is 1. The molecule has 0 unspecified atom stereocenters. The minimum Gasteiger partial charge on any atom is -0.487 e. The van der Waals surface area contributed by atoms with E-state index in [4.69, 9.17) is 16.3 Å². The molecule has 3 aromatic rings. The average molecular weight is 330 g/mol. The SMILES string of the molecule is Fc1ccc(Cl)c(COc2ccccc2Nc2cncnc2)c1. The maximum atomic E-state index is 13.3. The number of benzene rings is 2. The number of halogens is 2. The van der Waals surface area contributed by atoms with Crippen LogP contribution in [0.25, 0.3) is 0 Å². The molecule has 1 aromatic heterocycles. The highest BCUT2D eigenvalue weighted by atomic mass is 35.5. The van der Waals surface area contributed by atoms with Crippen LogP contribution in [0.3, 0.4) is 0 Å². The fourth-order valence-corrected chi connectivity index (χ4v) is 2.20. The lowest BCUT2D eigenvalue weighted by atomic mass is 10.2. The molecule has 0 aliphatic heterocycles. The van der Waals surface area contributed by atoms with Gasteiger partial charge in [0.2, 0.25) is 0 Å². The minimum atomic E-state index is -0.346. The highest BCUT2D eigenvalue weighted by Gasteiger charge is 2.07. The highest BCUT2D eigenvalue weighted by molar-refractivity contribution is 6.31. The summed E-state index contributed by atoms with van der Waals surface area (Å²) in [5.74, 6) is 0.275. The number of aromatic nitrogens is 2. The van der Waals surface area contributed by atoms with Crippen molar-refractivity contribution in [3.8, 4) is 5.75 Å². The van der Waals surface area contributed by atoms with Crippen molar-refractivity contribution >= 4 is 23.0 Å². The molecular formula is C17H13ClFN3O. The van der Waals surface area contributed by atoms with E-state index in [9.17, 15) is 4.39 Å². The molecule has 0 atom stereocenters. The molecule has 0 radical (unpaired) electrons. The fourth-order valence-electron chi connectivity index (χ4n) is 2.02. The van der Waals surface area contributed by atoms with Gasteiger partial charge < -0.3 is 10.1 Å². The molecular weight excluding hydrogens is 317 g/mol. The van der Waals surface area contributed by atoms with Crippen LogP contribution in [0.1, 0.15) is 5.56 Å². The molecule has 0 bridgehead atoms. The Morgan fingerprint density at radius 2 is 1.87 bits per heavy atom. The number of anilines is 2. The largest absolute Gasteiger partial charge is 0.487 e. The molecule has 3 rings (SSSR count). The second kappa shape index (κ2) is 7.07. The molecule has 0 amide bonds. The summed E-state index contributed by atoms with van der Waals surface area (Å²) in [4.78, 5) is 7.90. The van der Waals surface area contributed by atoms with E-state index in [1.807, 2.05) is 24.3 Å². The first-order chi connectivity index (χ1) is 11.2. The summed E-state index contributed by atoms with van der Waals surface area (Å²) in [6, 6.07) is 11.6. The van der Waals surface area contributed by atoms with Crippen molar-refractivity contribution in [1.29, 1.82) is 0 Å². The molecule has 1 N–H and O–H groups in total. The summed E-state index contributed by atoms with van der Waals surface area (Å²) >= 11 is 6.05. The van der Waals surface area contributed by atoms with Gasteiger partial charge in [0, 0.05) is 10.6 Å². The first-order valence-electron chi connectivity index (χ1n) is 6.90. The lowest BCUT2D eigenvalue weighted by Crippen LogP contribution is -2.00. The zero-order chi connectivity index (χ0) is 16.1. The Morgan fingerprint density at radius 3 is 2.70 bits per heavy atom. The summed E-state index contributed by atoms with van der Waals surface area (Å²) in [6.07, 6.45) is 4.78. The zero-order valence-corrected chi connectivity index (χ0v) is 12.8. The minimum absolute atomic E-state index is 0.167.